The molecule has 9 nitrogen and oxygen atoms in total. The van der Waals surface area contributed by atoms with Crippen molar-refractivity contribution < 1.29 is 34.1 Å². The summed E-state index contributed by atoms with van der Waals surface area (Å²) < 4.78 is 4.12. The van der Waals surface area contributed by atoms with Crippen molar-refractivity contribution in [1.82, 2.24) is 0 Å². The maximum atomic E-state index is 11.0. The molecule has 9 heteroatoms. The molecule has 96 valence electrons. The third kappa shape index (κ3) is 6.22. The minimum atomic E-state index is -1.51. The molecule has 17 heavy (non-hydrogen) atoms. The highest BCUT2D eigenvalue weighted by atomic mass is 16.6. The average molecular weight is 248 g/mol. The molecule has 6 N–H and O–H groups in total. The molecule has 0 radical (unpaired) electrons. The molecule has 0 saturated heterocycles. The van der Waals surface area contributed by atoms with Crippen LogP contribution in [0.15, 0.2) is 0 Å². The monoisotopic (exact) mass is 248 g/mol. The van der Waals surface area contributed by atoms with Gasteiger partial charge in [-0.15, -0.1) is 0 Å². The summed E-state index contributed by atoms with van der Waals surface area (Å²) in [5, 5.41) is 16.6. The van der Waals surface area contributed by atoms with E-state index in [4.69, 9.17) is 21.7 Å². The lowest BCUT2D eigenvalue weighted by Crippen LogP contribution is -2.41. The second kappa shape index (κ2) is 6.55. The molecule has 0 amide bonds. The van der Waals surface area contributed by atoms with Crippen LogP contribution >= 0.6 is 0 Å². The lowest BCUT2D eigenvalue weighted by atomic mass is 10.2. The van der Waals surface area contributed by atoms with E-state index >= 15 is 0 Å². The molecule has 0 fully saturated rings. The van der Waals surface area contributed by atoms with Crippen molar-refractivity contribution in [1.29, 1.82) is 0 Å². The molecule has 0 aromatic heterocycles. The Bertz CT molecular complexity index is 309. The lowest BCUT2D eigenvalue weighted by molar-refractivity contribution is -0.164. The fourth-order valence-electron chi connectivity index (χ4n) is 0.793. The number of rotatable bonds is 6. The van der Waals surface area contributed by atoms with E-state index in [-0.39, 0.29) is 0 Å². The van der Waals surface area contributed by atoms with Crippen LogP contribution in [-0.4, -0.2) is 46.2 Å². The van der Waals surface area contributed by atoms with Crippen molar-refractivity contribution in [2.75, 3.05) is 0 Å². The van der Waals surface area contributed by atoms with E-state index in [1.807, 2.05) is 0 Å². The molecule has 0 aliphatic heterocycles. The van der Waals surface area contributed by atoms with Crippen LogP contribution in [0.3, 0.4) is 0 Å². The normalized spacial score (nSPS) is 13.5. The smallest absolute Gasteiger partial charge is 0.331 e. The third-order valence-corrected chi connectivity index (χ3v) is 1.60. The van der Waals surface area contributed by atoms with Crippen LogP contribution in [0.2, 0.25) is 0 Å². The van der Waals surface area contributed by atoms with E-state index in [1.165, 1.54) is 0 Å². The molecule has 2 atom stereocenters. The van der Waals surface area contributed by atoms with Crippen LogP contribution in [0.1, 0.15) is 12.8 Å². The summed E-state index contributed by atoms with van der Waals surface area (Å²) in [6, 6.07) is -3.01. The first-order valence-electron chi connectivity index (χ1n) is 4.44. The topological polar surface area (TPSA) is 170 Å². The number of esters is 2. The maximum Gasteiger partial charge on any atom is 0.331 e. The third-order valence-electron chi connectivity index (χ3n) is 1.60. The second-order valence-corrected chi connectivity index (χ2v) is 3.15. The molecule has 2 unspecified atom stereocenters. The second-order valence-electron chi connectivity index (χ2n) is 3.15. The fourth-order valence-corrected chi connectivity index (χ4v) is 0.793. The Labute approximate surface area is 95.3 Å². The molecule has 0 heterocycles. The van der Waals surface area contributed by atoms with Crippen LogP contribution in [0.25, 0.3) is 0 Å². The Kier molecular flexibility index (Phi) is 5.78. The number of ether oxygens (including phenoxy) is 1. The molecule has 0 bridgehead atoms. The summed E-state index contributed by atoms with van der Waals surface area (Å²) >= 11 is 0. The highest BCUT2D eigenvalue weighted by molar-refractivity contribution is 5.93. The van der Waals surface area contributed by atoms with Gasteiger partial charge in [0.1, 0.15) is 12.1 Å². The summed E-state index contributed by atoms with van der Waals surface area (Å²) in [7, 11) is 0. The Hall–Kier alpha value is -2.00. The standard InChI is InChI=1S/C8H12N2O7/c9-3(1-5(11)12)7(15)17-8(16)4(10)2-6(13)14/h3-4H,1-2,9-10H2,(H,11,12)(H,13,14). The number of carboxylic acid groups (broad SMARTS) is 2. The number of carbonyl (C=O) groups is 4. The van der Waals surface area contributed by atoms with Crippen LogP contribution in [0, 0.1) is 0 Å². The summed E-state index contributed by atoms with van der Waals surface area (Å²) in [5.41, 5.74) is 10.2. The minimum absolute atomic E-state index is 0.708. The zero-order valence-electron chi connectivity index (χ0n) is 8.66. The van der Waals surface area contributed by atoms with Gasteiger partial charge in [-0.3, -0.25) is 9.59 Å². The Morgan fingerprint density at radius 2 is 1.18 bits per heavy atom. The number of aliphatic carboxylic acids is 2. The first-order chi connectivity index (χ1) is 7.73. The van der Waals surface area contributed by atoms with Crippen molar-refractivity contribution in [3.05, 3.63) is 0 Å². The van der Waals surface area contributed by atoms with Gasteiger partial charge in [-0.25, -0.2) is 9.59 Å². The lowest BCUT2D eigenvalue weighted by Gasteiger charge is -2.10. The highest BCUT2D eigenvalue weighted by Gasteiger charge is 2.25. The fraction of sp³-hybridized carbons (Fsp3) is 0.500. The Balaban J connectivity index is 4.24. The van der Waals surface area contributed by atoms with Gasteiger partial charge in [0.05, 0.1) is 12.8 Å². The van der Waals surface area contributed by atoms with Crippen molar-refractivity contribution in [2.24, 2.45) is 11.5 Å². The largest absolute Gasteiger partial charge is 0.481 e. The van der Waals surface area contributed by atoms with Gasteiger partial charge in [0.15, 0.2) is 0 Å². The Morgan fingerprint density at radius 3 is 1.41 bits per heavy atom. The number of hydrogen-bond donors (Lipinski definition) is 4. The van der Waals surface area contributed by atoms with Gasteiger partial charge in [0.2, 0.25) is 0 Å². The molecule has 0 spiro atoms. The highest BCUT2D eigenvalue weighted by Crippen LogP contribution is 1.97. The van der Waals surface area contributed by atoms with E-state index < -0.39 is 48.8 Å². The van der Waals surface area contributed by atoms with Gasteiger partial charge >= 0.3 is 23.9 Å². The predicted octanol–water partition coefficient (Wildman–Crippen LogP) is -2.34. The van der Waals surface area contributed by atoms with Gasteiger partial charge in [-0.05, 0) is 0 Å². The molecule has 0 aliphatic carbocycles. The van der Waals surface area contributed by atoms with E-state index in [2.05, 4.69) is 4.74 Å². The minimum Gasteiger partial charge on any atom is -0.481 e. The number of hydrogen-bond acceptors (Lipinski definition) is 7. The first-order valence-corrected chi connectivity index (χ1v) is 4.44. The summed E-state index contributed by atoms with van der Waals surface area (Å²) in [6.07, 6.45) is -1.42. The molecular formula is C8H12N2O7. The molecule has 0 aliphatic rings. The number of nitrogens with two attached hydrogens (primary N) is 2. The van der Waals surface area contributed by atoms with E-state index in [0.29, 0.717) is 0 Å². The van der Waals surface area contributed by atoms with Crippen molar-refractivity contribution in [3.63, 3.8) is 0 Å². The first kappa shape index (κ1) is 15.0. The van der Waals surface area contributed by atoms with Gasteiger partial charge in [0.25, 0.3) is 0 Å². The number of carboxylic acids is 2. The average Bonchev–Trinajstić information content (AvgIpc) is 2.15. The van der Waals surface area contributed by atoms with Gasteiger partial charge in [-0.2, -0.15) is 0 Å². The van der Waals surface area contributed by atoms with Crippen LogP contribution < -0.4 is 11.5 Å². The zero-order valence-corrected chi connectivity index (χ0v) is 8.66. The summed E-state index contributed by atoms with van der Waals surface area (Å²) in [4.78, 5) is 42.5. The van der Waals surface area contributed by atoms with Crippen LogP contribution in [0.5, 0.6) is 0 Å². The van der Waals surface area contributed by atoms with Crippen LogP contribution in [-0.2, 0) is 23.9 Å². The molecule has 0 saturated carbocycles. The van der Waals surface area contributed by atoms with E-state index in [0.717, 1.165) is 0 Å². The molecule has 0 aromatic carbocycles. The van der Waals surface area contributed by atoms with Gasteiger partial charge in [0, 0.05) is 0 Å². The predicted molar refractivity (Wildman–Crippen MR) is 51.6 cm³/mol. The van der Waals surface area contributed by atoms with Crippen molar-refractivity contribution in [3.8, 4) is 0 Å². The Morgan fingerprint density at radius 1 is 0.882 bits per heavy atom. The van der Waals surface area contributed by atoms with Crippen molar-refractivity contribution >= 4 is 23.9 Å². The molecule has 0 aromatic rings. The molecule has 0 rings (SSSR count). The summed E-state index contributed by atoms with van der Waals surface area (Å²) in [6.45, 7) is 0. The van der Waals surface area contributed by atoms with Crippen molar-refractivity contribution in [2.45, 2.75) is 24.9 Å². The van der Waals surface area contributed by atoms with Gasteiger partial charge in [-0.1, -0.05) is 0 Å². The van der Waals surface area contributed by atoms with E-state index in [9.17, 15) is 19.2 Å². The zero-order chi connectivity index (χ0) is 13.6. The SMILES string of the molecule is NC(CC(=O)O)C(=O)OC(=O)C(N)CC(=O)O. The van der Waals surface area contributed by atoms with E-state index in [1.54, 1.807) is 0 Å². The van der Waals surface area contributed by atoms with Crippen LogP contribution in [0.4, 0.5) is 0 Å². The summed E-state index contributed by atoms with van der Waals surface area (Å²) in [5.74, 6) is -5.20. The maximum absolute atomic E-state index is 11.0. The number of carbonyl (C=O) groups excluding carboxylic acids is 2. The quantitative estimate of drug-likeness (QED) is 0.297. The molecular weight excluding hydrogens is 236 g/mol. The van der Waals surface area contributed by atoms with Gasteiger partial charge < -0.3 is 26.4 Å².